The zero-order chi connectivity index (χ0) is 16.5. The normalized spacial score (nSPS) is 17.8. The number of hydrogen-bond acceptors (Lipinski definition) is 3. The third-order valence-corrected chi connectivity index (χ3v) is 4.63. The zero-order valence-electron chi connectivity index (χ0n) is 14.6. The molecule has 1 saturated heterocycles. The van der Waals surface area contributed by atoms with E-state index in [2.05, 4.69) is 59.3 Å². The van der Waals surface area contributed by atoms with Gasteiger partial charge in [-0.25, -0.2) is 0 Å². The number of hydrogen-bond donors (Lipinski definition) is 1. The van der Waals surface area contributed by atoms with Crippen LogP contribution in [0.1, 0.15) is 32.3 Å². The Morgan fingerprint density at radius 2 is 1.78 bits per heavy atom. The van der Waals surface area contributed by atoms with Crippen molar-refractivity contribution in [2.45, 2.75) is 39.2 Å². The van der Waals surface area contributed by atoms with E-state index < -0.39 is 0 Å². The Labute approximate surface area is 140 Å². The van der Waals surface area contributed by atoms with E-state index in [1.165, 1.54) is 12.0 Å². The molecule has 0 bridgehead atoms. The van der Waals surface area contributed by atoms with Crippen LogP contribution in [-0.2, 0) is 11.2 Å². The Balaban J connectivity index is 1.59. The molecule has 0 spiro atoms. The average molecular weight is 317 g/mol. The molecule has 1 unspecified atom stereocenters. The molecule has 1 fully saturated rings. The largest absolute Gasteiger partial charge is 0.353 e. The maximum absolute atomic E-state index is 11.9. The highest BCUT2D eigenvalue weighted by atomic mass is 16.2. The minimum atomic E-state index is 0.164. The number of carbonyl (C=O) groups excluding carboxylic acids is 1. The summed E-state index contributed by atoms with van der Waals surface area (Å²) < 4.78 is 0. The van der Waals surface area contributed by atoms with Crippen LogP contribution in [0.3, 0.4) is 0 Å². The average Bonchev–Trinajstić information content (AvgIpc) is 2.57. The number of aryl methyl sites for hydroxylation is 1. The fourth-order valence-corrected chi connectivity index (χ4v) is 2.95. The van der Waals surface area contributed by atoms with Crippen LogP contribution < -0.4 is 5.32 Å². The third kappa shape index (κ3) is 6.71. The first-order valence-corrected chi connectivity index (χ1v) is 8.95. The van der Waals surface area contributed by atoms with Gasteiger partial charge in [0.05, 0.1) is 6.54 Å². The van der Waals surface area contributed by atoms with Crippen LogP contribution in [0, 0.1) is 0 Å². The highest BCUT2D eigenvalue weighted by molar-refractivity contribution is 5.78. The van der Waals surface area contributed by atoms with Crippen molar-refractivity contribution in [2.75, 3.05) is 39.3 Å². The molecular weight excluding hydrogens is 286 g/mol. The van der Waals surface area contributed by atoms with Crippen molar-refractivity contribution in [1.82, 2.24) is 15.1 Å². The summed E-state index contributed by atoms with van der Waals surface area (Å²) in [6.45, 7) is 10.0. The van der Waals surface area contributed by atoms with Crippen molar-refractivity contribution >= 4 is 5.91 Å². The summed E-state index contributed by atoms with van der Waals surface area (Å²) in [7, 11) is 0. The Hall–Kier alpha value is -1.39. The summed E-state index contributed by atoms with van der Waals surface area (Å²) in [5.41, 5.74) is 1.42. The van der Waals surface area contributed by atoms with Crippen LogP contribution in [-0.4, -0.2) is 61.0 Å². The molecule has 0 aliphatic carbocycles. The first kappa shape index (κ1) is 18.0. The third-order valence-electron chi connectivity index (χ3n) is 4.63. The predicted octanol–water partition coefficient (Wildman–Crippen LogP) is 2.15. The fourth-order valence-electron chi connectivity index (χ4n) is 2.95. The van der Waals surface area contributed by atoms with Gasteiger partial charge in [0.25, 0.3) is 0 Å². The molecule has 1 atom stereocenters. The molecule has 2 rings (SSSR count). The van der Waals surface area contributed by atoms with Gasteiger partial charge in [-0.15, -0.1) is 0 Å². The molecule has 1 aromatic rings. The molecule has 128 valence electrons. The molecule has 0 saturated carbocycles. The van der Waals surface area contributed by atoms with Crippen LogP contribution in [0.25, 0.3) is 0 Å². The zero-order valence-corrected chi connectivity index (χ0v) is 14.6. The summed E-state index contributed by atoms with van der Waals surface area (Å²) in [5, 5.41) is 3.05. The number of piperazine rings is 1. The van der Waals surface area contributed by atoms with Gasteiger partial charge in [-0.3, -0.25) is 9.69 Å². The van der Waals surface area contributed by atoms with Gasteiger partial charge >= 0.3 is 0 Å². The lowest BCUT2D eigenvalue weighted by Gasteiger charge is -2.34. The number of nitrogens with one attached hydrogen (secondary N) is 1. The number of rotatable bonds is 8. The maximum atomic E-state index is 11.9. The fraction of sp³-hybridized carbons (Fsp3) is 0.632. The molecule has 0 aromatic heterocycles. The van der Waals surface area contributed by atoms with Gasteiger partial charge < -0.3 is 10.2 Å². The monoisotopic (exact) mass is 317 g/mol. The Morgan fingerprint density at radius 3 is 2.43 bits per heavy atom. The van der Waals surface area contributed by atoms with Crippen LogP contribution in [0.4, 0.5) is 0 Å². The minimum absolute atomic E-state index is 0.164. The second-order valence-electron chi connectivity index (χ2n) is 6.58. The van der Waals surface area contributed by atoms with Crippen molar-refractivity contribution in [3.8, 4) is 0 Å². The summed E-state index contributed by atoms with van der Waals surface area (Å²) in [6.07, 6.45) is 3.35. The standard InChI is InChI=1S/C19H31N3O/c1-3-17(2)20-19(23)16-22-14-12-21(13-15-22)11-7-10-18-8-5-4-6-9-18/h4-6,8-9,17H,3,7,10-16H2,1-2H3,(H,20,23). The lowest BCUT2D eigenvalue weighted by atomic mass is 10.1. The van der Waals surface area contributed by atoms with Gasteiger partial charge in [0.15, 0.2) is 0 Å². The lowest BCUT2D eigenvalue weighted by molar-refractivity contribution is -0.123. The molecule has 0 radical (unpaired) electrons. The van der Waals surface area contributed by atoms with Crippen LogP contribution in [0.2, 0.25) is 0 Å². The van der Waals surface area contributed by atoms with E-state index in [1.807, 2.05) is 0 Å². The van der Waals surface area contributed by atoms with Crippen molar-refractivity contribution in [3.63, 3.8) is 0 Å². The van der Waals surface area contributed by atoms with Gasteiger partial charge in [0.1, 0.15) is 0 Å². The maximum Gasteiger partial charge on any atom is 0.234 e. The molecule has 1 aliphatic heterocycles. The van der Waals surface area contributed by atoms with Crippen LogP contribution >= 0.6 is 0 Å². The van der Waals surface area contributed by atoms with Gasteiger partial charge in [-0.05, 0) is 38.3 Å². The first-order valence-electron chi connectivity index (χ1n) is 8.95. The van der Waals surface area contributed by atoms with E-state index in [9.17, 15) is 4.79 Å². The van der Waals surface area contributed by atoms with Gasteiger partial charge in [0.2, 0.25) is 5.91 Å². The molecule has 1 aliphatic rings. The van der Waals surface area contributed by atoms with E-state index in [0.29, 0.717) is 6.54 Å². The summed E-state index contributed by atoms with van der Waals surface area (Å²) in [6, 6.07) is 11.0. The summed E-state index contributed by atoms with van der Waals surface area (Å²) >= 11 is 0. The number of benzene rings is 1. The highest BCUT2D eigenvalue weighted by Crippen LogP contribution is 2.06. The van der Waals surface area contributed by atoms with Gasteiger partial charge in [0, 0.05) is 32.2 Å². The smallest absolute Gasteiger partial charge is 0.234 e. The van der Waals surface area contributed by atoms with E-state index in [-0.39, 0.29) is 11.9 Å². The highest BCUT2D eigenvalue weighted by Gasteiger charge is 2.18. The predicted molar refractivity (Wildman–Crippen MR) is 95.5 cm³/mol. The molecule has 1 amide bonds. The second kappa shape index (κ2) is 9.68. The quantitative estimate of drug-likeness (QED) is 0.798. The number of carbonyl (C=O) groups is 1. The minimum Gasteiger partial charge on any atom is -0.353 e. The van der Waals surface area contributed by atoms with Gasteiger partial charge in [-0.1, -0.05) is 37.3 Å². The van der Waals surface area contributed by atoms with Crippen molar-refractivity contribution in [3.05, 3.63) is 35.9 Å². The van der Waals surface area contributed by atoms with Crippen LogP contribution in [0.15, 0.2) is 30.3 Å². The molecular formula is C19H31N3O. The molecule has 4 heteroatoms. The van der Waals surface area contributed by atoms with Crippen molar-refractivity contribution in [1.29, 1.82) is 0 Å². The summed E-state index contributed by atoms with van der Waals surface area (Å²) in [5.74, 6) is 0.164. The Bertz CT molecular complexity index is 455. The molecule has 1 N–H and O–H groups in total. The molecule has 1 aromatic carbocycles. The van der Waals surface area contributed by atoms with E-state index in [1.54, 1.807) is 0 Å². The van der Waals surface area contributed by atoms with E-state index in [0.717, 1.165) is 45.6 Å². The van der Waals surface area contributed by atoms with Crippen molar-refractivity contribution < 1.29 is 4.79 Å². The SMILES string of the molecule is CCC(C)NC(=O)CN1CCN(CCCc2ccccc2)CC1. The lowest BCUT2D eigenvalue weighted by Crippen LogP contribution is -2.50. The first-order chi connectivity index (χ1) is 11.2. The number of amides is 1. The molecule has 23 heavy (non-hydrogen) atoms. The number of nitrogens with zero attached hydrogens (tertiary/aromatic N) is 2. The van der Waals surface area contributed by atoms with E-state index >= 15 is 0 Å². The molecule has 1 heterocycles. The topological polar surface area (TPSA) is 35.6 Å². The summed E-state index contributed by atoms with van der Waals surface area (Å²) in [4.78, 5) is 16.7. The van der Waals surface area contributed by atoms with Gasteiger partial charge in [-0.2, -0.15) is 0 Å². The van der Waals surface area contributed by atoms with E-state index in [4.69, 9.17) is 0 Å². The molecule has 4 nitrogen and oxygen atoms in total. The Morgan fingerprint density at radius 1 is 1.13 bits per heavy atom. The van der Waals surface area contributed by atoms with Crippen molar-refractivity contribution in [2.24, 2.45) is 0 Å². The second-order valence-corrected chi connectivity index (χ2v) is 6.58. The Kier molecular flexibility index (Phi) is 7.56. The van der Waals surface area contributed by atoms with Crippen LogP contribution in [0.5, 0.6) is 0 Å².